The molecule has 0 radical (unpaired) electrons. The summed E-state index contributed by atoms with van der Waals surface area (Å²) in [6, 6.07) is 4.51. The van der Waals surface area contributed by atoms with Crippen molar-refractivity contribution in [3.8, 4) is 5.75 Å². The van der Waals surface area contributed by atoms with E-state index in [-0.39, 0.29) is 46.7 Å². The third-order valence-electron chi connectivity index (χ3n) is 6.89. The summed E-state index contributed by atoms with van der Waals surface area (Å²) in [6.07, 6.45) is 4.75. The van der Waals surface area contributed by atoms with Gasteiger partial charge < -0.3 is 24.3 Å². The van der Waals surface area contributed by atoms with E-state index in [2.05, 4.69) is 5.32 Å². The average Bonchev–Trinajstić information content (AvgIpc) is 3.66. The fourth-order valence-corrected chi connectivity index (χ4v) is 5.07. The third-order valence-corrected chi connectivity index (χ3v) is 7.18. The van der Waals surface area contributed by atoms with Crippen molar-refractivity contribution in [3.63, 3.8) is 0 Å². The molecule has 1 aliphatic carbocycles. The van der Waals surface area contributed by atoms with Crippen LogP contribution in [-0.4, -0.2) is 47.3 Å². The van der Waals surface area contributed by atoms with Crippen molar-refractivity contribution < 1.29 is 23.5 Å². The fourth-order valence-electron chi connectivity index (χ4n) is 4.87. The lowest BCUT2D eigenvalue weighted by molar-refractivity contribution is -0.120. The smallest absolute Gasteiger partial charge is 0.276 e. The van der Waals surface area contributed by atoms with Crippen molar-refractivity contribution in [2.45, 2.75) is 57.3 Å². The summed E-state index contributed by atoms with van der Waals surface area (Å²) < 4.78 is 27.9. The second-order valence-corrected chi connectivity index (χ2v) is 9.60. The van der Waals surface area contributed by atoms with Crippen LogP contribution in [0.2, 0.25) is 5.02 Å². The summed E-state index contributed by atoms with van der Waals surface area (Å²) in [5.74, 6) is -1.75. The van der Waals surface area contributed by atoms with E-state index in [1.54, 1.807) is 15.5 Å². The quantitative estimate of drug-likeness (QED) is 0.585. The van der Waals surface area contributed by atoms with Gasteiger partial charge in [-0.2, -0.15) is 0 Å². The Morgan fingerprint density at radius 3 is 2.89 bits per heavy atom. The molecule has 2 amide bonds. The van der Waals surface area contributed by atoms with Crippen molar-refractivity contribution in [2.75, 3.05) is 19.8 Å². The lowest BCUT2D eigenvalue weighted by atomic mass is 10.0. The molecule has 186 valence electrons. The number of carbonyl (C=O) groups excluding carboxylic acids is 2. The second kappa shape index (κ2) is 9.28. The molecule has 1 aromatic heterocycles. The highest BCUT2D eigenvalue weighted by Gasteiger charge is 2.60. The Labute approximate surface area is 206 Å². The van der Waals surface area contributed by atoms with Crippen LogP contribution in [0, 0.1) is 5.82 Å². The predicted octanol–water partition coefficient (Wildman–Crippen LogP) is 3.44. The summed E-state index contributed by atoms with van der Waals surface area (Å²) >= 11 is 5.83. The Bertz CT molecular complexity index is 1240. The van der Waals surface area contributed by atoms with Crippen LogP contribution < -0.4 is 15.5 Å². The van der Waals surface area contributed by atoms with E-state index in [4.69, 9.17) is 21.1 Å². The van der Waals surface area contributed by atoms with Crippen LogP contribution in [0.15, 0.2) is 29.2 Å². The van der Waals surface area contributed by atoms with Gasteiger partial charge in [-0.3, -0.25) is 14.4 Å². The highest BCUT2D eigenvalue weighted by atomic mass is 35.5. The lowest BCUT2D eigenvalue weighted by Gasteiger charge is -2.46. The summed E-state index contributed by atoms with van der Waals surface area (Å²) in [7, 11) is 0. The fraction of sp³-hybridized carbons (Fsp3) is 0.480. The standard InChI is InChI=1S/C25H27ClFN3O5/c1-2-3-11-34-21-19-23(33)29-10-5-12-35-24(29)25(8-9-25)30(19)14-16(20(21)31)22(32)28-13-15-6-4-7-17(26)18(15)27/h4,6-7,14,24H,2-3,5,8-13H2,1H3,(H,28,32). The van der Waals surface area contributed by atoms with Crippen molar-refractivity contribution in [3.05, 3.63) is 62.3 Å². The van der Waals surface area contributed by atoms with E-state index in [1.807, 2.05) is 6.92 Å². The number of nitrogens with zero attached hydrogens (tertiary/aromatic N) is 2. The van der Waals surface area contributed by atoms with Crippen LogP contribution in [0.3, 0.4) is 0 Å². The molecule has 1 N–H and O–H groups in total. The first-order valence-electron chi connectivity index (χ1n) is 12.0. The van der Waals surface area contributed by atoms with E-state index in [9.17, 15) is 18.8 Å². The van der Waals surface area contributed by atoms with Gasteiger partial charge >= 0.3 is 0 Å². The van der Waals surface area contributed by atoms with Crippen LogP contribution in [0.5, 0.6) is 5.75 Å². The molecule has 8 nitrogen and oxygen atoms in total. The number of benzene rings is 1. The van der Waals surface area contributed by atoms with Crippen molar-refractivity contribution in [1.82, 2.24) is 14.8 Å². The second-order valence-electron chi connectivity index (χ2n) is 9.20. The van der Waals surface area contributed by atoms with Gasteiger partial charge in [0.1, 0.15) is 11.4 Å². The van der Waals surface area contributed by atoms with E-state index in [1.165, 1.54) is 18.3 Å². The number of ether oxygens (including phenoxy) is 2. The van der Waals surface area contributed by atoms with Gasteiger partial charge in [-0.05, 0) is 31.7 Å². The molecule has 1 atom stereocenters. The molecule has 2 aromatic rings. The van der Waals surface area contributed by atoms with Crippen molar-refractivity contribution in [1.29, 1.82) is 0 Å². The summed E-state index contributed by atoms with van der Waals surface area (Å²) in [5.41, 5.74) is -0.983. The molecule has 5 rings (SSSR count). The number of nitrogens with one attached hydrogen (secondary N) is 1. The van der Waals surface area contributed by atoms with Gasteiger partial charge in [-0.25, -0.2) is 4.39 Å². The van der Waals surface area contributed by atoms with Gasteiger partial charge in [0.05, 0.1) is 23.8 Å². The zero-order chi connectivity index (χ0) is 24.7. The Balaban J connectivity index is 1.55. The minimum atomic E-state index is -0.680. The minimum Gasteiger partial charge on any atom is -0.487 e. The predicted molar refractivity (Wildman–Crippen MR) is 126 cm³/mol. The van der Waals surface area contributed by atoms with E-state index >= 15 is 0 Å². The zero-order valence-electron chi connectivity index (χ0n) is 19.4. The molecule has 1 unspecified atom stereocenters. The number of aromatic nitrogens is 1. The lowest BCUT2D eigenvalue weighted by Crippen LogP contribution is -2.59. The maximum Gasteiger partial charge on any atom is 0.276 e. The van der Waals surface area contributed by atoms with Gasteiger partial charge in [0.25, 0.3) is 11.8 Å². The van der Waals surface area contributed by atoms with Crippen LogP contribution in [0.4, 0.5) is 4.39 Å². The maximum atomic E-state index is 14.3. The van der Waals surface area contributed by atoms with E-state index in [0.717, 1.165) is 25.7 Å². The summed E-state index contributed by atoms with van der Waals surface area (Å²) in [6.45, 7) is 3.18. The van der Waals surface area contributed by atoms with Crippen LogP contribution in [-0.2, 0) is 16.8 Å². The molecule has 1 aromatic carbocycles. The third kappa shape index (κ3) is 4.00. The monoisotopic (exact) mass is 503 g/mol. The number of rotatable bonds is 7. The molecular formula is C25H27ClFN3O5. The van der Waals surface area contributed by atoms with Crippen molar-refractivity contribution >= 4 is 23.4 Å². The molecule has 10 heteroatoms. The Hall–Kier alpha value is -2.91. The number of fused-ring (bicyclic) bond motifs is 4. The Kier molecular flexibility index (Phi) is 6.31. The number of hydrogen-bond donors (Lipinski definition) is 1. The summed E-state index contributed by atoms with van der Waals surface area (Å²) in [5, 5.41) is 2.56. The molecule has 1 saturated heterocycles. The average molecular weight is 504 g/mol. The van der Waals surface area contributed by atoms with E-state index in [0.29, 0.717) is 19.6 Å². The van der Waals surface area contributed by atoms with Gasteiger partial charge in [-0.15, -0.1) is 0 Å². The van der Waals surface area contributed by atoms with Gasteiger partial charge in [0, 0.05) is 24.8 Å². The first-order chi connectivity index (χ1) is 16.9. The SMILES string of the molecule is CCCCOc1c2n(cc(C(=O)NCc3cccc(Cl)c3F)c1=O)C1(CC1)C1OCCCN1C2=O. The first-order valence-corrected chi connectivity index (χ1v) is 12.3. The molecule has 2 fully saturated rings. The Morgan fingerprint density at radius 2 is 2.14 bits per heavy atom. The first kappa shape index (κ1) is 23.8. The highest BCUT2D eigenvalue weighted by molar-refractivity contribution is 6.30. The van der Waals surface area contributed by atoms with Crippen LogP contribution >= 0.6 is 11.6 Å². The topological polar surface area (TPSA) is 89.9 Å². The number of unbranched alkanes of at least 4 members (excludes halogenated alkanes) is 1. The molecule has 3 heterocycles. The number of amides is 2. The minimum absolute atomic E-state index is 0.0524. The molecular weight excluding hydrogens is 477 g/mol. The number of carbonyl (C=O) groups is 2. The summed E-state index contributed by atoms with van der Waals surface area (Å²) in [4.78, 5) is 41.8. The normalized spacial score (nSPS) is 19.8. The largest absolute Gasteiger partial charge is 0.487 e. The number of halogens is 2. The molecule has 35 heavy (non-hydrogen) atoms. The van der Waals surface area contributed by atoms with Gasteiger partial charge in [-0.1, -0.05) is 37.1 Å². The zero-order valence-corrected chi connectivity index (χ0v) is 20.2. The maximum absolute atomic E-state index is 14.3. The molecule has 0 bridgehead atoms. The van der Waals surface area contributed by atoms with Gasteiger partial charge in [0.15, 0.2) is 17.7 Å². The number of pyridine rings is 1. The van der Waals surface area contributed by atoms with Crippen molar-refractivity contribution in [2.24, 2.45) is 0 Å². The van der Waals surface area contributed by atoms with Crippen LogP contribution in [0.1, 0.15) is 65.4 Å². The molecule has 1 saturated carbocycles. The highest BCUT2D eigenvalue weighted by Crippen LogP contribution is 2.53. The molecule has 1 spiro atoms. The van der Waals surface area contributed by atoms with E-state index < -0.39 is 28.9 Å². The van der Waals surface area contributed by atoms with Crippen LogP contribution in [0.25, 0.3) is 0 Å². The van der Waals surface area contributed by atoms with Gasteiger partial charge in [0.2, 0.25) is 5.43 Å². The molecule has 3 aliphatic rings. The molecule has 2 aliphatic heterocycles. The number of hydrogen-bond acceptors (Lipinski definition) is 5. The Morgan fingerprint density at radius 1 is 1.34 bits per heavy atom.